The topological polar surface area (TPSA) is 68.2 Å². The highest BCUT2D eigenvalue weighted by molar-refractivity contribution is 5.95. The molecule has 0 fully saturated rings. The van der Waals surface area contributed by atoms with Crippen LogP contribution in [0.15, 0.2) is 24.4 Å². The Hall–Kier alpha value is -1.81. The van der Waals surface area contributed by atoms with Crippen LogP contribution in [0.25, 0.3) is 10.9 Å². The molecule has 0 saturated heterocycles. The van der Waals surface area contributed by atoms with Crippen molar-refractivity contribution >= 4 is 16.8 Å². The summed E-state index contributed by atoms with van der Waals surface area (Å²) in [6, 6.07) is 5.11. The van der Waals surface area contributed by atoms with E-state index in [0.29, 0.717) is 19.4 Å². The standard InChI is InChI=1S/C16H22N2O2/c1-2-3-4-5-16(20)18-11-12(8-9-17)14-10-13(19)6-7-15(14)18/h6-7,10-11,19H,2-5,8-9,17H2,1H3. The number of hydrogen-bond acceptors (Lipinski definition) is 3. The van der Waals surface area contributed by atoms with Crippen LogP contribution in [-0.2, 0) is 6.42 Å². The van der Waals surface area contributed by atoms with E-state index < -0.39 is 0 Å². The molecule has 3 N–H and O–H groups in total. The smallest absolute Gasteiger partial charge is 0.231 e. The summed E-state index contributed by atoms with van der Waals surface area (Å²) in [5.41, 5.74) is 7.49. The number of nitrogens with zero attached hydrogens (tertiary/aromatic N) is 1. The zero-order valence-electron chi connectivity index (χ0n) is 11.9. The highest BCUT2D eigenvalue weighted by Gasteiger charge is 2.13. The van der Waals surface area contributed by atoms with E-state index in [2.05, 4.69) is 6.92 Å². The number of nitrogens with two attached hydrogens (primary N) is 1. The van der Waals surface area contributed by atoms with Crippen molar-refractivity contribution in [1.29, 1.82) is 0 Å². The molecule has 2 aromatic rings. The zero-order chi connectivity index (χ0) is 14.5. The van der Waals surface area contributed by atoms with Crippen LogP contribution in [0.5, 0.6) is 5.75 Å². The molecule has 0 saturated carbocycles. The van der Waals surface area contributed by atoms with Crippen molar-refractivity contribution in [3.05, 3.63) is 30.0 Å². The number of fused-ring (bicyclic) bond motifs is 1. The number of rotatable bonds is 6. The lowest BCUT2D eigenvalue weighted by Gasteiger charge is -2.03. The number of benzene rings is 1. The third-order valence-corrected chi connectivity index (χ3v) is 3.55. The number of hydrogen-bond donors (Lipinski definition) is 2. The molecule has 1 aromatic carbocycles. The molecule has 2 rings (SSSR count). The van der Waals surface area contributed by atoms with Gasteiger partial charge in [0.05, 0.1) is 5.52 Å². The van der Waals surface area contributed by atoms with Gasteiger partial charge in [-0.25, -0.2) is 0 Å². The molecular formula is C16H22N2O2. The third kappa shape index (κ3) is 3.02. The number of aromatic nitrogens is 1. The average molecular weight is 274 g/mol. The van der Waals surface area contributed by atoms with E-state index in [4.69, 9.17) is 5.73 Å². The predicted octanol–water partition coefficient (Wildman–Crippen LogP) is 3.07. The Morgan fingerprint density at radius 1 is 1.35 bits per heavy atom. The molecule has 0 aliphatic heterocycles. The van der Waals surface area contributed by atoms with Gasteiger partial charge in [0.2, 0.25) is 5.91 Å². The molecule has 1 aromatic heterocycles. The Balaban J connectivity index is 2.35. The lowest BCUT2D eigenvalue weighted by molar-refractivity contribution is 0.0904. The van der Waals surface area contributed by atoms with Gasteiger partial charge in [-0.3, -0.25) is 9.36 Å². The summed E-state index contributed by atoms with van der Waals surface area (Å²) in [5, 5.41) is 10.5. The first kappa shape index (κ1) is 14.6. The summed E-state index contributed by atoms with van der Waals surface area (Å²) in [5.74, 6) is 0.323. The second-order valence-electron chi connectivity index (χ2n) is 5.12. The lowest BCUT2D eigenvalue weighted by Crippen LogP contribution is -2.09. The van der Waals surface area contributed by atoms with E-state index in [9.17, 15) is 9.90 Å². The monoisotopic (exact) mass is 274 g/mol. The first-order chi connectivity index (χ1) is 9.67. The molecule has 0 unspecified atom stereocenters. The Kier molecular flexibility index (Phi) is 4.79. The van der Waals surface area contributed by atoms with Gasteiger partial charge < -0.3 is 10.8 Å². The summed E-state index contributed by atoms with van der Waals surface area (Å²) in [6.07, 6.45) is 6.22. The Morgan fingerprint density at radius 2 is 2.15 bits per heavy atom. The van der Waals surface area contributed by atoms with Gasteiger partial charge in [0.1, 0.15) is 5.75 Å². The largest absolute Gasteiger partial charge is 0.508 e. The minimum Gasteiger partial charge on any atom is -0.508 e. The van der Waals surface area contributed by atoms with Gasteiger partial charge in [-0.05, 0) is 43.1 Å². The molecule has 4 heteroatoms. The number of aromatic hydroxyl groups is 1. The molecule has 0 radical (unpaired) electrons. The molecule has 0 bridgehead atoms. The highest BCUT2D eigenvalue weighted by atomic mass is 16.3. The predicted molar refractivity (Wildman–Crippen MR) is 81.1 cm³/mol. The normalized spacial score (nSPS) is 11.1. The molecule has 0 aliphatic rings. The van der Waals surface area contributed by atoms with Crippen molar-refractivity contribution in [1.82, 2.24) is 4.57 Å². The summed E-state index contributed by atoms with van der Waals surface area (Å²) < 4.78 is 1.70. The van der Waals surface area contributed by atoms with Crippen molar-refractivity contribution in [3.63, 3.8) is 0 Å². The zero-order valence-corrected chi connectivity index (χ0v) is 11.9. The summed E-state index contributed by atoms with van der Waals surface area (Å²) >= 11 is 0. The number of phenolic OH excluding ortho intramolecular Hbond substituents is 1. The van der Waals surface area contributed by atoms with Crippen LogP contribution < -0.4 is 5.73 Å². The molecule has 0 atom stereocenters. The van der Waals surface area contributed by atoms with Crippen LogP contribution in [0.2, 0.25) is 0 Å². The SMILES string of the molecule is CCCCCC(=O)n1cc(CCN)c2cc(O)ccc21. The molecule has 0 amide bonds. The Morgan fingerprint density at radius 3 is 2.85 bits per heavy atom. The van der Waals surface area contributed by atoms with Gasteiger partial charge in [0, 0.05) is 18.0 Å². The Labute approximate surface area is 119 Å². The third-order valence-electron chi connectivity index (χ3n) is 3.55. The van der Waals surface area contributed by atoms with Crippen molar-refractivity contribution in [3.8, 4) is 5.75 Å². The first-order valence-electron chi connectivity index (χ1n) is 7.23. The van der Waals surface area contributed by atoms with Crippen LogP contribution in [0.4, 0.5) is 0 Å². The maximum absolute atomic E-state index is 12.3. The second-order valence-corrected chi connectivity index (χ2v) is 5.12. The maximum Gasteiger partial charge on any atom is 0.231 e. The van der Waals surface area contributed by atoms with Crippen LogP contribution >= 0.6 is 0 Å². The van der Waals surface area contributed by atoms with Gasteiger partial charge in [-0.2, -0.15) is 0 Å². The number of carbonyl (C=O) groups excluding carboxylic acids is 1. The van der Waals surface area contributed by atoms with Crippen molar-refractivity contribution < 1.29 is 9.90 Å². The van der Waals surface area contributed by atoms with Gasteiger partial charge in [-0.1, -0.05) is 19.8 Å². The van der Waals surface area contributed by atoms with Crippen LogP contribution in [-0.4, -0.2) is 22.1 Å². The average Bonchev–Trinajstić information content (AvgIpc) is 2.78. The van der Waals surface area contributed by atoms with E-state index in [-0.39, 0.29) is 11.7 Å². The summed E-state index contributed by atoms with van der Waals surface area (Å²) in [7, 11) is 0. The van der Waals surface area contributed by atoms with E-state index in [1.165, 1.54) is 0 Å². The number of unbranched alkanes of at least 4 members (excludes halogenated alkanes) is 2. The summed E-state index contributed by atoms with van der Waals surface area (Å²) in [6.45, 7) is 2.65. The van der Waals surface area contributed by atoms with Crippen molar-refractivity contribution in [2.75, 3.05) is 6.54 Å². The van der Waals surface area contributed by atoms with E-state index >= 15 is 0 Å². The number of carbonyl (C=O) groups is 1. The molecule has 4 nitrogen and oxygen atoms in total. The fourth-order valence-electron chi connectivity index (χ4n) is 2.49. The lowest BCUT2D eigenvalue weighted by atomic mass is 10.1. The maximum atomic E-state index is 12.3. The molecule has 108 valence electrons. The van der Waals surface area contributed by atoms with Crippen molar-refractivity contribution in [2.24, 2.45) is 5.73 Å². The van der Waals surface area contributed by atoms with Gasteiger partial charge in [0.15, 0.2) is 0 Å². The minimum absolute atomic E-state index is 0.109. The van der Waals surface area contributed by atoms with Gasteiger partial charge in [-0.15, -0.1) is 0 Å². The van der Waals surface area contributed by atoms with E-state index in [1.807, 2.05) is 6.20 Å². The Bertz CT molecular complexity index is 602. The molecule has 0 aliphatic carbocycles. The highest BCUT2D eigenvalue weighted by Crippen LogP contribution is 2.26. The molecule has 20 heavy (non-hydrogen) atoms. The molecule has 0 spiro atoms. The second kappa shape index (κ2) is 6.57. The molecule has 1 heterocycles. The quantitative estimate of drug-likeness (QED) is 0.795. The van der Waals surface area contributed by atoms with Gasteiger partial charge in [0.25, 0.3) is 0 Å². The fourth-order valence-corrected chi connectivity index (χ4v) is 2.49. The fraction of sp³-hybridized carbons (Fsp3) is 0.438. The van der Waals surface area contributed by atoms with Crippen molar-refractivity contribution in [2.45, 2.75) is 39.0 Å². The molecular weight excluding hydrogens is 252 g/mol. The van der Waals surface area contributed by atoms with Crippen LogP contribution in [0, 0.1) is 0 Å². The minimum atomic E-state index is 0.109. The van der Waals surface area contributed by atoms with Crippen LogP contribution in [0.1, 0.15) is 43.0 Å². The van der Waals surface area contributed by atoms with Gasteiger partial charge >= 0.3 is 0 Å². The summed E-state index contributed by atoms with van der Waals surface area (Å²) in [4.78, 5) is 12.3. The first-order valence-corrected chi connectivity index (χ1v) is 7.23. The van der Waals surface area contributed by atoms with Crippen LogP contribution in [0.3, 0.4) is 0 Å². The number of phenols is 1. The van der Waals surface area contributed by atoms with E-state index in [0.717, 1.165) is 35.7 Å². The van der Waals surface area contributed by atoms with E-state index in [1.54, 1.807) is 22.8 Å².